The molecule has 3 aromatic rings. The molecule has 0 aliphatic rings. The van der Waals surface area contributed by atoms with Crippen molar-refractivity contribution in [3.8, 4) is 5.69 Å². The molecule has 0 saturated carbocycles. The number of Topliss-reactive ketones (excluding diaryl/α,β-unsaturated/α-hetero) is 1. The highest BCUT2D eigenvalue weighted by Gasteiger charge is 2.23. The molecule has 3 rings (SSSR count). The number of hydrogen-bond donors (Lipinski definition) is 0. The first-order valence-corrected chi connectivity index (χ1v) is 9.56. The average Bonchev–Trinajstić information content (AvgIpc) is 3.28. The van der Waals surface area contributed by atoms with Crippen LogP contribution < -0.4 is 0 Å². The number of ketones is 1. The number of thiophene rings is 1. The standard InChI is InChI=1S/C22H21NO3S/c1-15-14-20(16(2)23(15)18-8-5-4-6-9-18)22(25)17(3)26-21(24)12-11-19-10-7-13-27-19/h4-14,17H,1-3H3/b12-11+/t17-/m1/s1. The molecule has 0 amide bonds. The zero-order chi connectivity index (χ0) is 19.4. The Bertz CT molecular complexity index is 969. The smallest absolute Gasteiger partial charge is 0.331 e. The zero-order valence-corrected chi connectivity index (χ0v) is 16.3. The molecule has 4 nitrogen and oxygen atoms in total. The number of ether oxygens (including phenoxy) is 1. The molecule has 0 unspecified atom stereocenters. The van der Waals surface area contributed by atoms with Gasteiger partial charge in [-0.2, -0.15) is 0 Å². The molecule has 0 spiro atoms. The molecular formula is C22H21NO3S. The van der Waals surface area contributed by atoms with Crippen LogP contribution >= 0.6 is 11.3 Å². The molecule has 0 fully saturated rings. The van der Waals surface area contributed by atoms with Gasteiger partial charge in [0.1, 0.15) is 0 Å². The summed E-state index contributed by atoms with van der Waals surface area (Å²) in [7, 11) is 0. The lowest BCUT2D eigenvalue weighted by Gasteiger charge is -2.12. The van der Waals surface area contributed by atoms with Gasteiger partial charge in [-0.1, -0.05) is 24.3 Å². The summed E-state index contributed by atoms with van der Waals surface area (Å²) in [4.78, 5) is 25.8. The molecule has 1 atom stereocenters. The SMILES string of the molecule is Cc1cc(C(=O)[C@@H](C)OC(=O)/C=C/c2cccs2)c(C)n1-c1ccccc1. The summed E-state index contributed by atoms with van der Waals surface area (Å²) in [6.07, 6.45) is 2.18. The van der Waals surface area contributed by atoms with Gasteiger partial charge in [0.2, 0.25) is 5.78 Å². The number of benzene rings is 1. The first-order valence-electron chi connectivity index (χ1n) is 8.68. The minimum absolute atomic E-state index is 0.205. The van der Waals surface area contributed by atoms with E-state index in [1.165, 1.54) is 17.4 Å². The van der Waals surface area contributed by atoms with Crippen LogP contribution in [0.15, 0.2) is 60.0 Å². The van der Waals surface area contributed by atoms with Crippen molar-refractivity contribution in [1.82, 2.24) is 4.57 Å². The Morgan fingerprint density at radius 1 is 1.11 bits per heavy atom. The minimum Gasteiger partial charge on any atom is -0.451 e. The fourth-order valence-electron chi connectivity index (χ4n) is 3.01. The second kappa shape index (κ2) is 8.18. The zero-order valence-electron chi connectivity index (χ0n) is 15.5. The molecule has 5 heteroatoms. The number of aromatic nitrogens is 1. The van der Waals surface area contributed by atoms with E-state index in [1.54, 1.807) is 13.0 Å². The number of hydrogen-bond acceptors (Lipinski definition) is 4. The van der Waals surface area contributed by atoms with Gasteiger partial charge in [0, 0.05) is 33.6 Å². The van der Waals surface area contributed by atoms with Gasteiger partial charge in [-0.3, -0.25) is 4.79 Å². The molecule has 2 heterocycles. The maximum atomic E-state index is 12.8. The number of esters is 1. The Labute approximate surface area is 162 Å². The van der Waals surface area contributed by atoms with Gasteiger partial charge < -0.3 is 9.30 Å². The van der Waals surface area contributed by atoms with Crippen LogP contribution in [0.5, 0.6) is 0 Å². The van der Waals surface area contributed by atoms with E-state index in [0.717, 1.165) is 22.0 Å². The molecule has 0 saturated heterocycles. The van der Waals surface area contributed by atoms with Gasteiger partial charge in [0.05, 0.1) is 0 Å². The van der Waals surface area contributed by atoms with E-state index in [9.17, 15) is 9.59 Å². The molecular weight excluding hydrogens is 358 g/mol. The Morgan fingerprint density at radius 2 is 1.85 bits per heavy atom. The Hall–Kier alpha value is -2.92. The summed E-state index contributed by atoms with van der Waals surface area (Å²) in [5.74, 6) is -0.732. The lowest BCUT2D eigenvalue weighted by molar-refractivity contribution is -0.140. The van der Waals surface area contributed by atoms with E-state index >= 15 is 0 Å². The monoisotopic (exact) mass is 379 g/mol. The lowest BCUT2D eigenvalue weighted by atomic mass is 10.1. The van der Waals surface area contributed by atoms with Crippen molar-refractivity contribution in [2.75, 3.05) is 0 Å². The third-order valence-corrected chi connectivity index (χ3v) is 5.14. The number of carbonyl (C=O) groups is 2. The van der Waals surface area contributed by atoms with Crippen LogP contribution in [0.2, 0.25) is 0 Å². The highest BCUT2D eigenvalue weighted by Crippen LogP contribution is 2.22. The van der Waals surface area contributed by atoms with Crippen molar-refractivity contribution in [3.63, 3.8) is 0 Å². The summed E-state index contributed by atoms with van der Waals surface area (Å²) in [5.41, 5.74) is 3.35. The van der Waals surface area contributed by atoms with Gasteiger partial charge >= 0.3 is 5.97 Å². The van der Waals surface area contributed by atoms with Crippen LogP contribution in [0, 0.1) is 13.8 Å². The maximum Gasteiger partial charge on any atom is 0.331 e. The largest absolute Gasteiger partial charge is 0.451 e. The van der Waals surface area contributed by atoms with Gasteiger partial charge in [0.15, 0.2) is 6.10 Å². The first kappa shape index (κ1) is 18.9. The van der Waals surface area contributed by atoms with Crippen LogP contribution in [-0.4, -0.2) is 22.4 Å². The Kier molecular flexibility index (Phi) is 5.72. The van der Waals surface area contributed by atoms with Gasteiger partial charge in [-0.15, -0.1) is 11.3 Å². The summed E-state index contributed by atoms with van der Waals surface area (Å²) in [6, 6.07) is 15.5. The van der Waals surface area contributed by atoms with Crippen LogP contribution in [0.3, 0.4) is 0 Å². The molecule has 27 heavy (non-hydrogen) atoms. The fourth-order valence-corrected chi connectivity index (χ4v) is 3.63. The maximum absolute atomic E-state index is 12.8. The van der Waals surface area contributed by atoms with Crippen molar-refractivity contribution in [2.24, 2.45) is 0 Å². The molecule has 0 bridgehead atoms. The van der Waals surface area contributed by atoms with E-state index in [0.29, 0.717) is 5.56 Å². The predicted molar refractivity (Wildman–Crippen MR) is 108 cm³/mol. The van der Waals surface area contributed by atoms with Crippen molar-refractivity contribution in [2.45, 2.75) is 26.9 Å². The molecule has 0 aliphatic heterocycles. The van der Waals surface area contributed by atoms with Crippen LogP contribution in [-0.2, 0) is 9.53 Å². The molecule has 138 valence electrons. The third kappa shape index (κ3) is 4.26. The highest BCUT2D eigenvalue weighted by atomic mass is 32.1. The minimum atomic E-state index is -0.852. The Balaban J connectivity index is 1.75. The van der Waals surface area contributed by atoms with Crippen molar-refractivity contribution >= 4 is 29.2 Å². The number of carbonyl (C=O) groups excluding carboxylic acids is 2. The summed E-state index contributed by atoms with van der Waals surface area (Å²) < 4.78 is 7.32. The molecule has 0 radical (unpaired) electrons. The van der Waals surface area contributed by atoms with Gasteiger partial charge in [0.25, 0.3) is 0 Å². The molecule has 0 N–H and O–H groups in total. The molecule has 0 aliphatic carbocycles. The van der Waals surface area contributed by atoms with E-state index in [4.69, 9.17) is 4.74 Å². The molecule has 1 aromatic carbocycles. The van der Waals surface area contributed by atoms with E-state index < -0.39 is 12.1 Å². The quantitative estimate of drug-likeness (QED) is 0.345. The van der Waals surface area contributed by atoms with Crippen molar-refractivity contribution < 1.29 is 14.3 Å². The second-order valence-corrected chi connectivity index (χ2v) is 7.23. The lowest BCUT2D eigenvalue weighted by Crippen LogP contribution is -2.24. The van der Waals surface area contributed by atoms with Crippen molar-refractivity contribution in [3.05, 3.63) is 81.8 Å². The van der Waals surface area contributed by atoms with Crippen LogP contribution in [0.4, 0.5) is 0 Å². The normalized spacial score (nSPS) is 12.3. The van der Waals surface area contributed by atoms with Gasteiger partial charge in [-0.05, 0) is 56.5 Å². The number of nitrogens with zero attached hydrogens (tertiary/aromatic N) is 1. The first-order chi connectivity index (χ1) is 13.0. The summed E-state index contributed by atoms with van der Waals surface area (Å²) in [5, 5.41) is 1.93. The van der Waals surface area contributed by atoms with Crippen molar-refractivity contribution in [1.29, 1.82) is 0 Å². The second-order valence-electron chi connectivity index (χ2n) is 6.25. The third-order valence-electron chi connectivity index (χ3n) is 4.30. The predicted octanol–water partition coefficient (Wildman–Crippen LogP) is 4.98. The Morgan fingerprint density at radius 3 is 2.52 bits per heavy atom. The summed E-state index contributed by atoms with van der Waals surface area (Å²) >= 11 is 1.53. The summed E-state index contributed by atoms with van der Waals surface area (Å²) in [6.45, 7) is 5.46. The van der Waals surface area contributed by atoms with Crippen LogP contribution in [0.25, 0.3) is 11.8 Å². The van der Waals surface area contributed by atoms with E-state index in [2.05, 4.69) is 0 Å². The van der Waals surface area contributed by atoms with Gasteiger partial charge in [-0.25, -0.2) is 4.79 Å². The topological polar surface area (TPSA) is 48.3 Å². The highest BCUT2D eigenvalue weighted by molar-refractivity contribution is 7.10. The number of rotatable bonds is 6. The molecule has 2 aromatic heterocycles. The number of para-hydroxylation sites is 1. The van der Waals surface area contributed by atoms with E-state index in [1.807, 2.05) is 72.3 Å². The number of aryl methyl sites for hydroxylation is 1. The fraction of sp³-hybridized carbons (Fsp3) is 0.182. The van der Waals surface area contributed by atoms with E-state index in [-0.39, 0.29) is 5.78 Å². The average molecular weight is 379 g/mol. The van der Waals surface area contributed by atoms with Crippen LogP contribution in [0.1, 0.15) is 33.5 Å².